The molecule has 0 fully saturated rings. The number of hydrogen-bond donors (Lipinski definition) is 1. The standard InChI is InChI=1S/C18H16Br2N2O3/c1-2-9-24-16-6-4-3-5-13(16)11-21-22-18(23)12-25-17-8-7-14(19)10-15(17)20/h2-8,10-11H,1,9,12H2,(H,22,23)/b21-11+. The first kappa shape index (κ1) is 19.2. The first-order valence-electron chi connectivity index (χ1n) is 7.32. The largest absolute Gasteiger partial charge is 0.489 e. The first-order valence-corrected chi connectivity index (χ1v) is 8.91. The van der Waals surface area contributed by atoms with Gasteiger partial charge in [0, 0.05) is 10.0 Å². The van der Waals surface area contributed by atoms with Gasteiger partial charge >= 0.3 is 0 Å². The fourth-order valence-electron chi connectivity index (χ4n) is 1.81. The molecule has 0 atom stereocenters. The van der Waals surface area contributed by atoms with E-state index in [0.29, 0.717) is 18.1 Å². The summed E-state index contributed by atoms with van der Waals surface area (Å²) in [4.78, 5) is 11.8. The molecule has 0 aliphatic heterocycles. The normalized spacial score (nSPS) is 10.5. The Morgan fingerprint density at radius 1 is 1.16 bits per heavy atom. The summed E-state index contributed by atoms with van der Waals surface area (Å²) in [5.41, 5.74) is 3.17. The van der Waals surface area contributed by atoms with E-state index in [1.165, 1.54) is 6.21 Å². The van der Waals surface area contributed by atoms with Crippen molar-refractivity contribution in [1.82, 2.24) is 5.43 Å². The van der Waals surface area contributed by atoms with E-state index >= 15 is 0 Å². The van der Waals surface area contributed by atoms with Crippen LogP contribution in [0.4, 0.5) is 0 Å². The van der Waals surface area contributed by atoms with Crippen molar-refractivity contribution < 1.29 is 14.3 Å². The van der Waals surface area contributed by atoms with Gasteiger partial charge in [-0.05, 0) is 46.3 Å². The molecule has 2 rings (SSSR count). The van der Waals surface area contributed by atoms with Crippen LogP contribution >= 0.6 is 31.9 Å². The summed E-state index contributed by atoms with van der Waals surface area (Å²) < 4.78 is 12.6. The van der Waals surface area contributed by atoms with Crippen LogP contribution in [0.25, 0.3) is 0 Å². The molecule has 130 valence electrons. The van der Waals surface area contributed by atoms with Gasteiger partial charge in [-0.2, -0.15) is 5.10 Å². The third-order valence-corrected chi connectivity index (χ3v) is 4.03. The van der Waals surface area contributed by atoms with Crippen LogP contribution in [0.5, 0.6) is 11.5 Å². The lowest BCUT2D eigenvalue weighted by Crippen LogP contribution is -2.24. The number of amides is 1. The highest BCUT2D eigenvalue weighted by atomic mass is 79.9. The molecule has 0 saturated carbocycles. The molecule has 0 aliphatic carbocycles. The van der Waals surface area contributed by atoms with Gasteiger partial charge in [0.2, 0.25) is 0 Å². The fraction of sp³-hybridized carbons (Fsp3) is 0.111. The van der Waals surface area contributed by atoms with Crippen LogP contribution in [0.2, 0.25) is 0 Å². The van der Waals surface area contributed by atoms with Gasteiger partial charge in [0.1, 0.15) is 18.1 Å². The van der Waals surface area contributed by atoms with E-state index in [1.54, 1.807) is 12.1 Å². The lowest BCUT2D eigenvalue weighted by Gasteiger charge is -2.08. The van der Waals surface area contributed by atoms with E-state index in [-0.39, 0.29) is 12.5 Å². The topological polar surface area (TPSA) is 59.9 Å². The van der Waals surface area contributed by atoms with Crippen molar-refractivity contribution in [3.05, 3.63) is 69.6 Å². The molecule has 5 nitrogen and oxygen atoms in total. The van der Waals surface area contributed by atoms with Gasteiger partial charge < -0.3 is 9.47 Å². The summed E-state index contributed by atoms with van der Waals surface area (Å²) in [5, 5.41) is 3.93. The summed E-state index contributed by atoms with van der Waals surface area (Å²) in [6.45, 7) is 3.86. The second-order valence-corrected chi connectivity index (χ2v) is 6.56. The van der Waals surface area contributed by atoms with Gasteiger partial charge in [-0.1, -0.05) is 40.7 Å². The van der Waals surface area contributed by atoms with Gasteiger partial charge in [-0.15, -0.1) is 0 Å². The maximum absolute atomic E-state index is 11.8. The summed E-state index contributed by atoms with van der Waals surface area (Å²) >= 11 is 6.73. The maximum Gasteiger partial charge on any atom is 0.277 e. The van der Waals surface area contributed by atoms with Crippen LogP contribution in [-0.2, 0) is 4.79 Å². The van der Waals surface area contributed by atoms with E-state index in [9.17, 15) is 4.79 Å². The van der Waals surface area contributed by atoms with Gasteiger partial charge in [0.05, 0.1) is 10.7 Å². The molecule has 0 aliphatic rings. The third-order valence-electron chi connectivity index (χ3n) is 2.92. The highest BCUT2D eigenvalue weighted by Gasteiger charge is 2.05. The Morgan fingerprint density at radius 2 is 1.96 bits per heavy atom. The lowest BCUT2D eigenvalue weighted by molar-refractivity contribution is -0.123. The fourth-order valence-corrected chi connectivity index (χ4v) is 2.97. The number of hydrogen-bond acceptors (Lipinski definition) is 4. The lowest BCUT2D eigenvalue weighted by atomic mass is 10.2. The van der Waals surface area contributed by atoms with Crippen LogP contribution in [0.1, 0.15) is 5.56 Å². The average Bonchev–Trinajstić information content (AvgIpc) is 2.60. The molecule has 0 heterocycles. The van der Waals surface area contributed by atoms with Crippen LogP contribution in [0, 0.1) is 0 Å². The zero-order valence-electron chi connectivity index (χ0n) is 13.2. The highest BCUT2D eigenvalue weighted by Crippen LogP contribution is 2.28. The summed E-state index contributed by atoms with van der Waals surface area (Å²) in [7, 11) is 0. The van der Waals surface area contributed by atoms with Gasteiger partial charge in [0.25, 0.3) is 5.91 Å². The van der Waals surface area contributed by atoms with Crippen molar-refractivity contribution in [1.29, 1.82) is 0 Å². The summed E-state index contributed by atoms with van der Waals surface area (Å²) in [6.07, 6.45) is 3.18. The molecule has 0 unspecified atom stereocenters. The second kappa shape index (κ2) is 10.0. The van der Waals surface area contributed by atoms with E-state index in [2.05, 4.69) is 49.0 Å². The molecule has 25 heavy (non-hydrogen) atoms. The van der Waals surface area contributed by atoms with E-state index in [4.69, 9.17) is 9.47 Å². The number of carbonyl (C=O) groups excluding carboxylic acids is 1. The number of carbonyl (C=O) groups is 1. The Bertz CT molecular complexity index is 779. The van der Waals surface area contributed by atoms with Gasteiger partial charge in [-0.25, -0.2) is 5.43 Å². The van der Waals surface area contributed by atoms with Gasteiger partial charge in [-0.3, -0.25) is 4.79 Å². The number of nitrogens with zero attached hydrogens (tertiary/aromatic N) is 1. The highest BCUT2D eigenvalue weighted by molar-refractivity contribution is 9.11. The molecule has 0 bridgehead atoms. The third kappa shape index (κ3) is 6.36. The molecular weight excluding hydrogens is 452 g/mol. The molecule has 2 aromatic carbocycles. The first-order chi connectivity index (χ1) is 12.1. The predicted octanol–water partition coefficient (Wildman–Crippen LogP) is 4.31. The Kier molecular flexibility index (Phi) is 7.69. The Hall–Kier alpha value is -2.12. The van der Waals surface area contributed by atoms with Crippen LogP contribution in [0.3, 0.4) is 0 Å². The van der Waals surface area contributed by atoms with E-state index in [0.717, 1.165) is 14.5 Å². The Labute approximate surface area is 163 Å². The molecule has 0 radical (unpaired) electrons. The number of ether oxygens (including phenoxy) is 2. The van der Waals surface area contributed by atoms with Crippen molar-refractivity contribution in [3.8, 4) is 11.5 Å². The quantitative estimate of drug-likeness (QED) is 0.357. The number of benzene rings is 2. The minimum atomic E-state index is -0.365. The molecule has 0 aromatic heterocycles. The Morgan fingerprint density at radius 3 is 2.72 bits per heavy atom. The molecule has 1 N–H and O–H groups in total. The maximum atomic E-state index is 11.8. The van der Waals surface area contributed by atoms with E-state index in [1.807, 2.05) is 36.4 Å². The number of rotatable bonds is 8. The number of hydrazone groups is 1. The molecule has 0 spiro atoms. The molecule has 2 aromatic rings. The van der Waals surface area contributed by atoms with Crippen LogP contribution in [-0.4, -0.2) is 25.3 Å². The average molecular weight is 468 g/mol. The zero-order valence-corrected chi connectivity index (χ0v) is 16.4. The van der Waals surface area contributed by atoms with E-state index < -0.39 is 0 Å². The zero-order chi connectivity index (χ0) is 18.1. The van der Waals surface area contributed by atoms with Crippen LogP contribution < -0.4 is 14.9 Å². The monoisotopic (exact) mass is 466 g/mol. The van der Waals surface area contributed by atoms with Crippen molar-refractivity contribution in [3.63, 3.8) is 0 Å². The number of halogens is 2. The SMILES string of the molecule is C=CCOc1ccccc1/C=N/NC(=O)COc1ccc(Br)cc1Br. The van der Waals surface area contributed by atoms with Crippen molar-refractivity contribution in [2.75, 3.05) is 13.2 Å². The van der Waals surface area contributed by atoms with Crippen molar-refractivity contribution in [2.24, 2.45) is 5.10 Å². The number of para-hydroxylation sites is 1. The van der Waals surface area contributed by atoms with Crippen LogP contribution in [0.15, 0.2) is 69.2 Å². The number of nitrogens with one attached hydrogen (secondary N) is 1. The molecule has 1 amide bonds. The van der Waals surface area contributed by atoms with Gasteiger partial charge in [0.15, 0.2) is 6.61 Å². The minimum absolute atomic E-state index is 0.147. The smallest absolute Gasteiger partial charge is 0.277 e. The minimum Gasteiger partial charge on any atom is -0.489 e. The van der Waals surface area contributed by atoms with Crippen molar-refractivity contribution >= 4 is 44.0 Å². The van der Waals surface area contributed by atoms with Crippen molar-refractivity contribution in [2.45, 2.75) is 0 Å². The molecule has 7 heteroatoms. The summed E-state index contributed by atoms with van der Waals surface area (Å²) in [5.74, 6) is 0.872. The Balaban J connectivity index is 1.87. The summed E-state index contributed by atoms with van der Waals surface area (Å²) in [6, 6.07) is 12.8. The molecular formula is C18H16Br2N2O3. The predicted molar refractivity (Wildman–Crippen MR) is 105 cm³/mol. The second-order valence-electron chi connectivity index (χ2n) is 4.79. The molecule has 0 saturated heterocycles.